The van der Waals surface area contributed by atoms with Gasteiger partial charge in [-0.15, -0.1) is 0 Å². The number of phosphoric ester groups is 2. The second-order valence-electron chi connectivity index (χ2n) is 30.4. The molecule has 3 unspecified atom stereocenters. The van der Waals surface area contributed by atoms with Gasteiger partial charge < -0.3 is 33.8 Å². The van der Waals surface area contributed by atoms with Crippen molar-refractivity contribution in [2.45, 2.75) is 439 Å². The molecular formula is C81H158O17P2. The van der Waals surface area contributed by atoms with Gasteiger partial charge in [-0.05, 0) is 43.4 Å². The van der Waals surface area contributed by atoms with E-state index in [0.717, 1.165) is 108 Å². The van der Waals surface area contributed by atoms with E-state index in [-0.39, 0.29) is 25.7 Å². The molecule has 0 bridgehead atoms. The average Bonchev–Trinajstić information content (AvgIpc) is 1.36. The van der Waals surface area contributed by atoms with Gasteiger partial charge in [0.15, 0.2) is 12.2 Å². The smallest absolute Gasteiger partial charge is 0.462 e. The summed E-state index contributed by atoms with van der Waals surface area (Å²) in [4.78, 5) is 73.0. The number of unbranched alkanes of at least 4 members (excludes halogenated alkanes) is 46. The zero-order chi connectivity index (χ0) is 73.7. The standard InChI is InChI=1S/C81H158O17P2/c1-8-10-11-12-13-14-15-16-17-25-30-35-42-50-57-64-81(86)98-77(69-92-79(84)63-56-49-44-37-39-46-53-60-73(5)6)71-96-100(89,90)94-67-75(82)66-93-99(87,88)95-70-76(68-91-78(83)62-55-48-41-34-29-24-20-18-22-27-32-38-45-52-59-72(3)4)97-80(85)65-58-51-43-36-31-26-21-19-23-28-33-40-47-54-61-74(7)9-2/h72-77,82H,8-71H2,1-7H3,(H,87,88)(H,89,90)/t74?,75-,76-,77-/m1/s1. The van der Waals surface area contributed by atoms with Gasteiger partial charge in [0.25, 0.3) is 0 Å². The highest BCUT2D eigenvalue weighted by atomic mass is 31.2. The molecule has 0 radical (unpaired) electrons. The third-order valence-electron chi connectivity index (χ3n) is 19.2. The Morgan fingerprint density at radius 2 is 0.510 bits per heavy atom. The van der Waals surface area contributed by atoms with Crippen molar-refractivity contribution in [1.82, 2.24) is 0 Å². The minimum absolute atomic E-state index is 0.107. The van der Waals surface area contributed by atoms with Gasteiger partial charge in [0.1, 0.15) is 19.3 Å². The topological polar surface area (TPSA) is 237 Å². The van der Waals surface area contributed by atoms with Crippen LogP contribution in [0.15, 0.2) is 0 Å². The summed E-state index contributed by atoms with van der Waals surface area (Å²) in [7, 11) is -9.92. The maximum Gasteiger partial charge on any atom is 0.472 e. The maximum absolute atomic E-state index is 13.1. The van der Waals surface area contributed by atoms with E-state index < -0.39 is 97.5 Å². The number of hydrogen-bond donors (Lipinski definition) is 3. The van der Waals surface area contributed by atoms with Crippen molar-refractivity contribution in [1.29, 1.82) is 0 Å². The molecule has 0 aliphatic heterocycles. The van der Waals surface area contributed by atoms with E-state index in [9.17, 15) is 43.2 Å². The summed E-state index contributed by atoms with van der Waals surface area (Å²) in [5, 5.41) is 10.6. The van der Waals surface area contributed by atoms with Crippen molar-refractivity contribution < 1.29 is 80.2 Å². The summed E-state index contributed by atoms with van der Waals surface area (Å²) in [5.41, 5.74) is 0. The molecule has 0 amide bonds. The Morgan fingerprint density at radius 1 is 0.290 bits per heavy atom. The molecule has 0 aliphatic carbocycles. The summed E-state index contributed by atoms with van der Waals surface area (Å²) in [6, 6.07) is 0. The van der Waals surface area contributed by atoms with Gasteiger partial charge in [-0.2, -0.15) is 0 Å². The highest BCUT2D eigenvalue weighted by Crippen LogP contribution is 2.45. The molecule has 0 spiro atoms. The second-order valence-corrected chi connectivity index (χ2v) is 33.3. The predicted octanol–water partition coefficient (Wildman–Crippen LogP) is 24.1. The molecule has 0 aromatic heterocycles. The number of rotatable bonds is 79. The third-order valence-corrected chi connectivity index (χ3v) is 21.1. The molecule has 0 aromatic rings. The van der Waals surface area contributed by atoms with E-state index in [4.69, 9.17) is 37.0 Å². The van der Waals surface area contributed by atoms with Crippen molar-refractivity contribution in [2.24, 2.45) is 17.8 Å². The van der Waals surface area contributed by atoms with E-state index in [0.29, 0.717) is 31.6 Å². The first kappa shape index (κ1) is 98.1. The minimum Gasteiger partial charge on any atom is -0.462 e. The van der Waals surface area contributed by atoms with Gasteiger partial charge in [-0.1, -0.05) is 370 Å². The molecule has 0 heterocycles. The largest absolute Gasteiger partial charge is 0.472 e. The normalized spacial score (nSPS) is 14.2. The lowest BCUT2D eigenvalue weighted by molar-refractivity contribution is -0.161. The highest BCUT2D eigenvalue weighted by molar-refractivity contribution is 7.47. The highest BCUT2D eigenvalue weighted by Gasteiger charge is 2.30. The number of hydrogen-bond acceptors (Lipinski definition) is 15. The fourth-order valence-electron chi connectivity index (χ4n) is 12.5. The van der Waals surface area contributed by atoms with E-state index in [1.54, 1.807) is 0 Å². The number of phosphoric acid groups is 2. The molecule has 594 valence electrons. The summed E-state index contributed by atoms with van der Waals surface area (Å²) in [5.74, 6) is 0.240. The van der Waals surface area contributed by atoms with Crippen LogP contribution in [0.5, 0.6) is 0 Å². The molecule has 0 rings (SSSR count). The van der Waals surface area contributed by atoms with Gasteiger partial charge in [0, 0.05) is 25.7 Å². The Kier molecular flexibility index (Phi) is 69.9. The van der Waals surface area contributed by atoms with Crippen LogP contribution in [0.3, 0.4) is 0 Å². The first-order valence-electron chi connectivity index (χ1n) is 41.9. The van der Waals surface area contributed by atoms with Gasteiger partial charge in [0.2, 0.25) is 0 Å². The number of aliphatic hydroxyl groups is 1. The molecule has 17 nitrogen and oxygen atoms in total. The lowest BCUT2D eigenvalue weighted by Gasteiger charge is -2.21. The van der Waals surface area contributed by atoms with Crippen LogP contribution in [0.1, 0.15) is 421 Å². The molecule has 100 heavy (non-hydrogen) atoms. The van der Waals surface area contributed by atoms with E-state index in [1.165, 1.54) is 225 Å². The maximum atomic E-state index is 13.1. The van der Waals surface area contributed by atoms with E-state index in [2.05, 4.69) is 48.5 Å². The lowest BCUT2D eigenvalue weighted by atomic mass is 9.99. The fourth-order valence-corrected chi connectivity index (χ4v) is 14.0. The van der Waals surface area contributed by atoms with Crippen LogP contribution >= 0.6 is 15.6 Å². The predicted molar refractivity (Wildman–Crippen MR) is 409 cm³/mol. The summed E-state index contributed by atoms with van der Waals surface area (Å²) >= 11 is 0. The Labute approximate surface area is 613 Å². The second kappa shape index (κ2) is 71.3. The van der Waals surface area contributed by atoms with Crippen LogP contribution in [-0.4, -0.2) is 96.7 Å². The molecular weight excluding hydrogens is 1310 g/mol. The van der Waals surface area contributed by atoms with Crippen molar-refractivity contribution >= 4 is 39.5 Å². The zero-order valence-electron chi connectivity index (χ0n) is 65.7. The number of carbonyl (C=O) groups excluding carboxylic acids is 4. The van der Waals surface area contributed by atoms with E-state index >= 15 is 0 Å². The van der Waals surface area contributed by atoms with Gasteiger partial charge >= 0.3 is 39.5 Å². The van der Waals surface area contributed by atoms with Crippen molar-refractivity contribution in [3.05, 3.63) is 0 Å². The molecule has 0 fully saturated rings. The lowest BCUT2D eigenvalue weighted by Crippen LogP contribution is -2.30. The Morgan fingerprint density at radius 3 is 0.760 bits per heavy atom. The number of aliphatic hydroxyl groups excluding tert-OH is 1. The van der Waals surface area contributed by atoms with Gasteiger partial charge in [0.05, 0.1) is 26.4 Å². The molecule has 0 saturated heterocycles. The molecule has 19 heteroatoms. The van der Waals surface area contributed by atoms with Crippen LogP contribution in [-0.2, 0) is 65.4 Å². The Hall–Kier alpha value is -1.94. The zero-order valence-corrected chi connectivity index (χ0v) is 67.5. The van der Waals surface area contributed by atoms with Crippen molar-refractivity contribution in [2.75, 3.05) is 39.6 Å². The molecule has 0 saturated carbocycles. The van der Waals surface area contributed by atoms with Gasteiger partial charge in [-0.25, -0.2) is 9.13 Å². The third kappa shape index (κ3) is 73.0. The van der Waals surface area contributed by atoms with Crippen LogP contribution in [0.4, 0.5) is 0 Å². The summed E-state index contributed by atoms with van der Waals surface area (Å²) < 4.78 is 68.7. The molecule has 6 atom stereocenters. The van der Waals surface area contributed by atoms with Gasteiger partial charge in [-0.3, -0.25) is 37.3 Å². The number of esters is 4. The Bertz CT molecular complexity index is 1940. The minimum atomic E-state index is -4.96. The van der Waals surface area contributed by atoms with Crippen molar-refractivity contribution in [3.63, 3.8) is 0 Å². The number of ether oxygens (including phenoxy) is 4. The van der Waals surface area contributed by atoms with Crippen LogP contribution in [0, 0.1) is 17.8 Å². The van der Waals surface area contributed by atoms with E-state index in [1.807, 2.05) is 0 Å². The SMILES string of the molecule is CCCCCCCCCCCCCCCCCC(=O)O[C@H](COC(=O)CCCCCCCCCC(C)C)COP(=O)(O)OC[C@H](O)COP(=O)(O)OC[C@@H](COC(=O)CCCCCCCCCCCCCCCCC(C)C)OC(=O)CCCCCCCCCCCCCCCCC(C)CC. The summed E-state index contributed by atoms with van der Waals surface area (Å²) in [6.45, 7) is 12.0. The quantitative estimate of drug-likeness (QED) is 0.0222. The first-order chi connectivity index (χ1) is 48.3. The average molecular weight is 1470 g/mol. The van der Waals surface area contributed by atoms with Crippen molar-refractivity contribution in [3.8, 4) is 0 Å². The first-order valence-corrected chi connectivity index (χ1v) is 44.9. The summed E-state index contributed by atoms with van der Waals surface area (Å²) in [6.07, 6.45) is 59.6. The Balaban J connectivity index is 5.25. The van der Waals surface area contributed by atoms with Crippen LogP contribution in [0.25, 0.3) is 0 Å². The molecule has 0 aliphatic rings. The number of carbonyl (C=O) groups is 4. The van der Waals surface area contributed by atoms with Crippen LogP contribution in [0.2, 0.25) is 0 Å². The van der Waals surface area contributed by atoms with Crippen LogP contribution < -0.4 is 0 Å². The fraction of sp³-hybridized carbons (Fsp3) is 0.951. The molecule has 3 N–H and O–H groups in total. The monoisotopic (exact) mass is 1470 g/mol. The molecule has 0 aromatic carbocycles.